The van der Waals surface area contributed by atoms with E-state index >= 15 is 0 Å². The van der Waals surface area contributed by atoms with Crippen molar-refractivity contribution in [3.8, 4) is 11.5 Å². The zero-order valence-corrected chi connectivity index (χ0v) is 23.7. The monoisotopic (exact) mass is 573 g/mol. The number of ether oxygens (including phenoxy) is 2. The van der Waals surface area contributed by atoms with Crippen LogP contribution in [0, 0.1) is 17.0 Å². The van der Waals surface area contributed by atoms with Gasteiger partial charge in [-0.15, -0.1) is 17.9 Å². The molecule has 3 rings (SSSR count). The molecule has 2 aromatic carbocycles. The van der Waals surface area contributed by atoms with Gasteiger partial charge < -0.3 is 14.4 Å². The van der Waals surface area contributed by atoms with Crippen molar-refractivity contribution in [3.05, 3.63) is 92.7 Å². The molecule has 12 heteroatoms. The lowest BCUT2D eigenvalue weighted by Gasteiger charge is -2.27. The molecular weight excluding hydrogens is 542 g/mol. The molecule has 0 bridgehead atoms. The summed E-state index contributed by atoms with van der Waals surface area (Å²) in [5, 5.41) is 12.9. The SMILES string of the molecule is C=CCN(CC(=O)N(CCc1ccc(OC)c(OC)c1)Cc1sccc1C)S(=O)(=O)c1ccc([N+](=O)[O-])cc1. The zero-order chi connectivity index (χ0) is 28.6. The molecule has 0 aliphatic carbocycles. The minimum atomic E-state index is -4.12. The fourth-order valence-corrected chi connectivity index (χ4v) is 6.14. The molecule has 1 heterocycles. The van der Waals surface area contributed by atoms with E-state index in [0.29, 0.717) is 31.0 Å². The Balaban J connectivity index is 1.85. The summed E-state index contributed by atoms with van der Waals surface area (Å²) in [4.78, 5) is 26.5. The van der Waals surface area contributed by atoms with E-state index in [4.69, 9.17) is 9.47 Å². The number of nitrogens with zero attached hydrogens (tertiary/aromatic N) is 3. The van der Waals surface area contributed by atoms with Gasteiger partial charge in [-0.2, -0.15) is 4.31 Å². The fourth-order valence-electron chi connectivity index (χ4n) is 3.86. The number of carbonyl (C=O) groups excluding carboxylic acids is 1. The molecule has 0 unspecified atom stereocenters. The minimum Gasteiger partial charge on any atom is -0.493 e. The molecule has 10 nitrogen and oxygen atoms in total. The van der Waals surface area contributed by atoms with Crippen LogP contribution in [-0.2, 0) is 27.8 Å². The van der Waals surface area contributed by atoms with Crippen LogP contribution in [0.5, 0.6) is 11.5 Å². The second-order valence-electron chi connectivity index (χ2n) is 8.62. The standard InChI is InChI=1S/C27H31N3O7S2/c1-5-14-29(39(34,35)23-9-7-22(8-10-23)30(32)33)19-27(31)28(18-26-20(2)13-16-38-26)15-12-21-6-11-24(36-3)25(17-21)37-4/h5-11,13,16-17H,1,12,14-15,18-19H2,2-4H3. The van der Waals surface area contributed by atoms with Crippen LogP contribution in [0.1, 0.15) is 16.0 Å². The van der Waals surface area contributed by atoms with Gasteiger partial charge in [0.1, 0.15) is 0 Å². The third-order valence-electron chi connectivity index (χ3n) is 6.10. The van der Waals surface area contributed by atoms with Crippen LogP contribution in [0.15, 0.2) is 71.5 Å². The highest BCUT2D eigenvalue weighted by Gasteiger charge is 2.28. The average molecular weight is 574 g/mol. The van der Waals surface area contributed by atoms with Crippen LogP contribution in [0.4, 0.5) is 5.69 Å². The Hall–Kier alpha value is -3.74. The summed E-state index contributed by atoms with van der Waals surface area (Å²) in [5.41, 5.74) is 1.74. The Bertz CT molecular complexity index is 1420. The van der Waals surface area contributed by atoms with Gasteiger partial charge in [-0.05, 0) is 60.2 Å². The van der Waals surface area contributed by atoms with E-state index < -0.39 is 21.5 Å². The van der Waals surface area contributed by atoms with Crippen molar-refractivity contribution in [3.63, 3.8) is 0 Å². The van der Waals surface area contributed by atoms with Crippen LogP contribution in [0.3, 0.4) is 0 Å². The maximum Gasteiger partial charge on any atom is 0.269 e. The lowest BCUT2D eigenvalue weighted by Crippen LogP contribution is -2.43. The van der Waals surface area contributed by atoms with Gasteiger partial charge in [0.05, 0.1) is 37.1 Å². The number of sulfonamides is 1. The maximum atomic E-state index is 13.6. The lowest BCUT2D eigenvalue weighted by molar-refractivity contribution is -0.384. The van der Waals surface area contributed by atoms with Crippen LogP contribution in [0.25, 0.3) is 0 Å². The summed E-state index contributed by atoms with van der Waals surface area (Å²) in [6, 6.07) is 12.1. The summed E-state index contributed by atoms with van der Waals surface area (Å²) >= 11 is 1.53. The first-order valence-corrected chi connectivity index (χ1v) is 14.3. The molecule has 3 aromatic rings. The van der Waals surface area contributed by atoms with Crippen LogP contribution in [0.2, 0.25) is 0 Å². The Labute approximate surface area is 232 Å². The molecular formula is C27H31N3O7S2. The Kier molecular flexibility index (Phi) is 10.2. The van der Waals surface area contributed by atoms with Crippen LogP contribution in [-0.4, -0.2) is 62.3 Å². The molecule has 0 atom stereocenters. The van der Waals surface area contributed by atoms with Gasteiger partial charge in [0, 0.05) is 30.1 Å². The van der Waals surface area contributed by atoms with Crippen LogP contribution >= 0.6 is 11.3 Å². The molecule has 0 radical (unpaired) electrons. The molecule has 39 heavy (non-hydrogen) atoms. The summed E-state index contributed by atoms with van der Waals surface area (Å²) in [5.74, 6) is 0.795. The van der Waals surface area contributed by atoms with Gasteiger partial charge in [0.15, 0.2) is 11.5 Å². The second kappa shape index (κ2) is 13.4. The number of hydrogen-bond acceptors (Lipinski definition) is 8. The quantitative estimate of drug-likeness (QED) is 0.159. The van der Waals surface area contributed by atoms with E-state index in [2.05, 4.69) is 6.58 Å². The minimum absolute atomic E-state index is 0.105. The molecule has 0 aliphatic rings. The molecule has 0 saturated carbocycles. The largest absolute Gasteiger partial charge is 0.493 e. The van der Waals surface area contributed by atoms with E-state index in [0.717, 1.165) is 44.6 Å². The fraction of sp³-hybridized carbons (Fsp3) is 0.296. The molecule has 0 spiro atoms. The number of non-ortho nitro benzene ring substituents is 1. The highest BCUT2D eigenvalue weighted by atomic mass is 32.2. The number of thiophene rings is 1. The normalized spacial score (nSPS) is 11.3. The molecule has 0 fully saturated rings. The van der Waals surface area contributed by atoms with Gasteiger partial charge in [0.2, 0.25) is 15.9 Å². The topological polar surface area (TPSA) is 119 Å². The highest BCUT2D eigenvalue weighted by molar-refractivity contribution is 7.89. The van der Waals surface area contributed by atoms with Gasteiger partial charge in [-0.3, -0.25) is 14.9 Å². The van der Waals surface area contributed by atoms with Crippen molar-refractivity contribution in [1.29, 1.82) is 0 Å². The predicted octanol–water partition coefficient (Wildman–Crippen LogP) is 4.43. The van der Waals surface area contributed by atoms with Crippen LogP contribution < -0.4 is 9.47 Å². The van der Waals surface area contributed by atoms with E-state index in [1.165, 1.54) is 17.4 Å². The highest BCUT2D eigenvalue weighted by Crippen LogP contribution is 2.28. The van der Waals surface area contributed by atoms with Crippen molar-refractivity contribution in [2.75, 3.05) is 33.9 Å². The number of methoxy groups -OCH3 is 2. The maximum absolute atomic E-state index is 13.6. The summed E-state index contributed by atoms with van der Waals surface area (Å²) in [7, 11) is -1.02. The molecule has 1 aromatic heterocycles. The third kappa shape index (κ3) is 7.43. The van der Waals surface area contributed by atoms with Gasteiger partial charge in [0.25, 0.3) is 5.69 Å². The first-order chi connectivity index (χ1) is 18.6. The smallest absolute Gasteiger partial charge is 0.269 e. The van der Waals surface area contributed by atoms with Crippen molar-refractivity contribution >= 4 is 33.0 Å². The summed E-state index contributed by atoms with van der Waals surface area (Å²) in [6.07, 6.45) is 1.90. The molecule has 208 valence electrons. The first-order valence-electron chi connectivity index (χ1n) is 12.0. The molecule has 1 amide bonds. The number of carbonyl (C=O) groups is 1. The second-order valence-corrected chi connectivity index (χ2v) is 11.6. The van der Waals surface area contributed by atoms with Crippen molar-refractivity contribution < 1.29 is 27.6 Å². The van der Waals surface area contributed by atoms with E-state index in [1.54, 1.807) is 25.2 Å². The van der Waals surface area contributed by atoms with E-state index in [-0.39, 0.29) is 23.0 Å². The number of aryl methyl sites for hydroxylation is 1. The third-order valence-corrected chi connectivity index (χ3v) is 8.94. The van der Waals surface area contributed by atoms with Gasteiger partial charge >= 0.3 is 0 Å². The number of nitro groups is 1. The van der Waals surface area contributed by atoms with Crippen molar-refractivity contribution in [1.82, 2.24) is 9.21 Å². The van der Waals surface area contributed by atoms with E-state index in [9.17, 15) is 23.3 Å². The molecule has 0 N–H and O–H groups in total. The molecule has 0 saturated heterocycles. The number of hydrogen-bond donors (Lipinski definition) is 0. The Morgan fingerprint density at radius 3 is 2.36 bits per heavy atom. The van der Waals surface area contributed by atoms with Gasteiger partial charge in [-0.1, -0.05) is 12.1 Å². The zero-order valence-electron chi connectivity index (χ0n) is 22.0. The summed E-state index contributed by atoms with van der Waals surface area (Å²) in [6.45, 7) is 5.75. The first kappa shape index (κ1) is 29.8. The number of rotatable bonds is 14. The summed E-state index contributed by atoms with van der Waals surface area (Å²) < 4.78 is 38.4. The van der Waals surface area contributed by atoms with Crippen molar-refractivity contribution in [2.45, 2.75) is 24.8 Å². The average Bonchev–Trinajstić information content (AvgIpc) is 3.34. The molecule has 0 aliphatic heterocycles. The Morgan fingerprint density at radius 1 is 1.10 bits per heavy atom. The Morgan fingerprint density at radius 2 is 1.79 bits per heavy atom. The lowest BCUT2D eigenvalue weighted by atomic mass is 10.1. The number of benzene rings is 2. The predicted molar refractivity (Wildman–Crippen MR) is 150 cm³/mol. The van der Waals surface area contributed by atoms with E-state index in [1.807, 2.05) is 30.5 Å². The number of amides is 1. The number of nitro benzene ring substituents is 1. The van der Waals surface area contributed by atoms with Gasteiger partial charge in [-0.25, -0.2) is 8.42 Å². The van der Waals surface area contributed by atoms with Crippen molar-refractivity contribution in [2.24, 2.45) is 0 Å².